The zero-order chi connectivity index (χ0) is 18.9. The van der Waals surface area contributed by atoms with Crippen LogP contribution in [0.1, 0.15) is 15.9 Å². The molecule has 0 atom stereocenters. The van der Waals surface area contributed by atoms with E-state index in [0.717, 1.165) is 6.07 Å². The number of carboxylic acid groups (broad SMARTS) is 1. The smallest absolute Gasteiger partial charge is 0.335 e. The van der Waals surface area contributed by atoms with Gasteiger partial charge in [0.05, 0.1) is 21.2 Å². The van der Waals surface area contributed by atoms with Gasteiger partial charge in [-0.15, -0.1) is 0 Å². The number of hydrogen-bond donors (Lipinski definition) is 2. The number of para-hydroxylation sites is 1. The average molecular weight is 392 g/mol. The van der Waals surface area contributed by atoms with Gasteiger partial charge in [-0.05, 0) is 42.8 Å². The van der Waals surface area contributed by atoms with E-state index in [2.05, 4.69) is 9.82 Å². The lowest BCUT2D eigenvalue weighted by molar-refractivity contribution is 0.0696. The maximum absolute atomic E-state index is 12.7. The summed E-state index contributed by atoms with van der Waals surface area (Å²) < 4.78 is 29.4. The molecule has 1 aromatic heterocycles. The largest absolute Gasteiger partial charge is 0.478 e. The number of sulfonamides is 1. The van der Waals surface area contributed by atoms with Gasteiger partial charge in [-0.1, -0.05) is 23.7 Å². The van der Waals surface area contributed by atoms with Crippen LogP contribution in [0.25, 0.3) is 5.69 Å². The molecule has 134 valence electrons. The zero-order valence-corrected chi connectivity index (χ0v) is 15.1. The number of nitrogens with one attached hydrogen (secondary N) is 1. The number of aromatic carboxylic acids is 1. The number of nitrogens with zero attached hydrogens (tertiary/aromatic N) is 2. The molecular weight excluding hydrogens is 378 g/mol. The predicted molar refractivity (Wildman–Crippen MR) is 97.5 cm³/mol. The molecule has 0 aliphatic carbocycles. The summed E-state index contributed by atoms with van der Waals surface area (Å²) >= 11 is 6.21. The van der Waals surface area contributed by atoms with Crippen LogP contribution in [-0.4, -0.2) is 29.3 Å². The molecule has 0 aliphatic rings. The van der Waals surface area contributed by atoms with Crippen molar-refractivity contribution in [3.05, 3.63) is 71.0 Å². The van der Waals surface area contributed by atoms with Crippen LogP contribution < -0.4 is 4.72 Å². The Morgan fingerprint density at radius 1 is 1.23 bits per heavy atom. The molecule has 0 spiro atoms. The van der Waals surface area contributed by atoms with E-state index in [1.165, 1.54) is 16.8 Å². The van der Waals surface area contributed by atoms with Crippen LogP contribution in [0, 0.1) is 6.92 Å². The van der Waals surface area contributed by atoms with Crippen LogP contribution in [0.5, 0.6) is 0 Å². The van der Waals surface area contributed by atoms with Gasteiger partial charge in [0, 0.05) is 12.4 Å². The molecule has 1 heterocycles. The number of carbonyl (C=O) groups is 1. The third-order valence-corrected chi connectivity index (χ3v) is 5.38. The summed E-state index contributed by atoms with van der Waals surface area (Å²) in [6, 6.07) is 10.4. The molecule has 2 N–H and O–H groups in total. The van der Waals surface area contributed by atoms with Crippen molar-refractivity contribution in [2.24, 2.45) is 0 Å². The van der Waals surface area contributed by atoms with Crippen molar-refractivity contribution in [2.45, 2.75) is 11.8 Å². The van der Waals surface area contributed by atoms with Crippen LogP contribution in [-0.2, 0) is 10.0 Å². The van der Waals surface area contributed by atoms with Crippen molar-refractivity contribution in [1.29, 1.82) is 0 Å². The SMILES string of the molecule is Cc1ccc(S(=O)(=O)Nc2cccc(Cl)c2-n2cccn2)cc1C(=O)O. The number of anilines is 1. The van der Waals surface area contributed by atoms with Crippen LogP contribution in [0.15, 0.2) is 59.8 Å². The van der Waals surface area contributed by atoms with E-state index in [1.54, 1.807) is 43.6 Å². The van der Waals surface area contributed by atoms with Gasteiger partial charge in [0.1, 0.15) is 5.69 Å². The van der Waals surface area contributed by atoms with Crippen molar-refractivity contribution in [3.8, 4) is 5.69 Å². The van der Waals surface area contributed by atoms with Crippen molar-refractivity contribution in [2.75, 3.05) is 4.72 Å². The second-order valence-electron chi connectivity index (χ2n) is 5.47. The highest BCUT2D eigenvalue weighted by molar-refractivity contribution is 7.92. The first-order chi connectivity index (χ1) is 12.3. The number of rotatable bonds is 5. The monoisotopic (exact) mass is 391 g/mol. The number of carboxylic acids is 1. The molecule has 3 rings (SSSR count). The summed E-state index contributed by atoms with van der Waals surface area (Å²) in [4.78, 5) is 11.1. The van der Waals surface area contributed by atoms with Crippen LogP contribution in [0.3, 0.4) is 0 Å². The Morgan fingerprint density at radius 2 is 2.00 bits per heavy atom. The van der Waals surface area contributed by atoms with E-state index < -0.39 is 16.0 Å². The van der Waals surface area contributed by atoms with E-state index in [9.17, 15) is 18.3 Å². The fourth-order valence-corrected chi connectivity index (χ4v) is 3.79. The van der Waals surface area contributed by atoms with Gasteiger partial charge in [0.2, 0.25) is 0 Å². The number of benzene rings is 2. The molecule has 2 aromatic carbocycles. The summed E-state index contributed by atoms with van der Waals surface area (Å²) in [5.41, 5.74) is 0.981. The van der Waals surface area contributed by atoms with Gasteiger partial charge in [-0.3, -0.25) is 4.72 Å². The average Bonchev–Trinajstić information content (AvgIpc) is 3.08. The quantitative estimate of drug-likeness (QED) is 0.694. The summed E-state index contributed by atoms with van der Waals surface area (Å²) in [5.74, 6) is -1.19. The summed E-state index contributed by atoms with van der Waals surface area (Å²) in [6.07, 6.45) is 3.17. The van der Waals surface area contributed by atoms with Gasteiger partial charge in [0.15, 0.2) is 0 Å². The lowest BCUT2D eigenvalue weighted by Crippen LogP contribution is -2.16. The normalized spacial score (nSPS) is 11.3. The molecule has 0 saturated carbocycles. The van der Waals surface area contributed by atoms with Crippen molar-refractivity contribution in [3.63, 3.8) is 0 Å². The van der Waals surface area contributed by atoms with Crippen LogP contribution in [0.4, 0.5) is 5.69 Å². The molecule has 0 bridgehead atoms. The topological polar surface area (TPSA) is 101 Å². The first-order valence-corrected chi connectivity index (χ1v) is 9.31. The molecule has 0 aliphatic heterocycles. The van der Waals surface area contributed by atoms with Crippen molar-refractivity contribution < 1.29 is 18.3 Å². The highest BCUT2D eigenvalue weighted by atomic mass is 35.5. The lowest BCUT2D eigenvalue weighted by Gasteiger charge is -2.14. The van der Waals surface area contributed by atoms with Gasteiger partial charge < -0.3 is 5.11 Å². The Morgan fingerprint density at radius 3 is 2.65 bits per heavy atom. The first-order valence-electron chi connectivity index (χ1n) is 7.45. The molecule has 7 nitrogen and oxygen atoms in total. The minimum Gasteiger partial charge on any atom is -0.478 e. The molecule has 3 aromatic rings. The van der Waals surface area contributed by atoms with Gasteiger partial charge in [-0.25, -0.2) is 17.9 Å². The highest BCUT2D eigenvalue weighted by Gasteiger charge is 2.20. The summed E-state index contributed by atoms with van der Waals surface area (Å²) in [6.45, 7) is 1.60. The molecule has 9 heteroatoms. The fraction of sp³-hybridized carbons (Fsp3) is 0.0588. The maximum atomic E-state index is 12.7. The van der Waals surface area contributed by atoms with Gasteiger partial charge >= 0.3 is 5.97 Å². The maximum Gasteiger partial charge on any atom is 0.335 e. The van der Waals surface area contributed by atoms with E-state index >= 15 is 0 Å². The summed E-state index contributed by atoms with van der Waals surface area (Å²) in [7, 11) is -4.03. The minimum atomic E-state index is -4.03. The molecular formula is C17H14ClN3O4S. The van der Waals surface area contributed by atoms with Crippen molar-refractivity contribution in [1.82, 2.24) is 9.78 Å². The third-order valence-electron chi connectivity index (χ3n) is 3.71. The lowest BCUT2D eigenvalue weighted by atomic mass is 10.1. The number of halogens is 1. The number of aryl methyl sites for hydroxylation is 1. The molecule has 0 radical (unpaired) electrons. The molecule has 0 saturated heterocycles. The van der Waals surface area contributed by atoms with Gasteiger partial charge in [0.25, 0.3) is 10.0 Å². The number of aromatic nitrogens is 2. The second kappa shape index (κ2) is 6.81. The van der Waals surface area contributed by atoms with E-state index in [0.29, 0.717) is 16.3 Å². The Bertz CT molecular complexity index is 1080. The standard InChI is InChI=1S/C17H14ClN3O4S/c1-11-6-7-12(10-13(11)17(22)23)26(24,25)20-15-5-2-4-14(18)16(15)21-9-3-8-19-21/h2-10,20H,1H3,(H,22,23). The summed E-state index contributed by atoms with van der Waals surface area (Å²) in [5, 5.41) is 13.6. The first kappa shape index (κ1) is 18.0. The minimum absolute atomic E-state index is 0.0775. The highest BCUT2D eigenvalue weighted by Crippen LogP contribution is 2.30. The molecule has 26 heavy (non-hydrogen) atoms. The Balaban J connectivity index is 2.06. The van der Waals surface area contributed by atoms with Crippen LogP contribution in [0.2, 0.25) is 5.02 Å². The molecule has 0 fully saturated rings. The second-order valence-corrected chi connectivity index (χ2v) is 7.56. The molecule has 0 unspecified atom stereocenters. The van der Waals surface area contributed by atoms with E-state index in [-0.39, 0.29) is 16.1 Å². The molecule has 0 amide bonds. The van der Waals surface area contributed by atoms with E-state index in [4.69, 9.17) is 11.6 Å². The zero-order valence-electron chi connectivity index (χ0n) is 13.5. The third kappa shape index (κ3) is 3.42. The Kier molecular flexibility index (Phi) is 4.71. The van der Waals surface area contributed by atoms with E-state index in [1.807, 2.05) is 0 Å². The fourth-order valence-electron chi connectivity index (χ4n) is 2.43. The van der Waals surface area contributed by atoms with Crippen LogP contribution >= 0.6 is 11.6 Å². The Labute approximate surface area is 154 Å². The predicted octanol–water partition coefficient (Wildman–Crippen LogP) is 3.33. The van der Waals surface area contributed by atoms with Gasteiger partial charge in [-0.2, -0.15) is 5.10 Å². The van der Waals surface area contributed by atoms with Crippen molar-refractivity contribution >= 4 is 33.3 Å². The number of hydrogen-bond acceptors (Lipinski definition) is 4. The Hall–Kier alpha value is -2.84.